The maximum Gasteiger partial charge on any atom is 0.330 e. The van der Waals surface area contributed by atoms with Crippen LogP contribution in [-0.2, 0) is 22.6 Å². The van der Waals surface area contributed by atoms with E-state index >= 15 is 0 Å². The Balaban J connectivity index is 2.17. The lowest BCUT2D eigenvalue weighted by molar-refractivity contribution is -0.143. The van der Waals surface area contributed by atoms with Gasteiger partial charge in [-0.3, -0.25) is 14.1 Å². The summed E-state index contributed by atoms with van der Waals surface area (Å²) >= 11 is 6.37. The number of ether oxygens (including phenoxy) is 3. The Bertz CT molecular complexity index is 1140. The fourth-order valence-corrected chi connectivity index (χ4v) is 3.82. The number of pyridine rings is 1. The molecule has 0 fully saturated rings. The highest BCUT2D eigenvalue weighted by atomic mass is 35.5. The number of rotatable bonds is 9. The van der Waals surface area contributed by atoms with Crippen molar-refractivity contribution in [2.24, 2.45) is 0 Å². The molecule has 0 aliphatic heterocycles. The normalized spacial score (nSPS) is 11.6. The molecular formula is C20H27ClN6O4. The van der Waals surface area contributed by atoms with E-state index < -0.39 is 6.29 Å². The molecule has 0 unspecified atom stereocenters. The average molecular weight is 451 g/mol. The fraction of sp³-hybridized carbons (Fsp3) is 0.500. The van der Waals surface area contributed by atoms with Gasteiger partial charge in [0, 0.05) is 30.5 Å². The van der Waals surface area contributed by atoms with Gasteiger partial charge in [0.2, 0.25) is 5.95 Å². The maximum absolute atomic E-state index is 13.4. The number of imidazole rings is 1. The summed E-state index contributed by atoms with van der Waals surface area (Å²) in [5.41, 5.74) is 8.57. The number of nitrogens with two attached hydrogens (primary N) is 1. The van der Waals surface area contributed by atoms with E-state index in [0.29, 0.717) is 30.1 Å². The van der Waals surface area contributed by atoms with Gasteiger partial charge >= 0.3 is 5.69 Å². The SMILES string of the molecule is CCOC(Cn1c(=O)n(Cc2ncc(C)c(OC)c2C)c2nc(N)nc(Cl)c21)OCC. The van der Waals surface area contributed by atoms with Crippen LogP contribution in [0.5, 0.6) is 5.75 Å². The Morgan fingerprint density at radius 3 is 2.45 bits per heavy atom. The van der Waals surface area contributed by atoms with Gasteiger partial charge in [-0.1, -0.05) is 11.6 Å². The van der Waals surface area contributed by atoms with E-state index in [1.807, 2.05) is 27.7 Å². The van der Waals surface area contributed by atoms with E-state index in [4.69, 9.17) is 31.5 Å². The summed E-state index contributed by atoms with van der Waals surface area (Å²) < 4.78 is 19.6. The monoisotopic (exact) mass is 450 g/mol. The molecule has 0 amide bonds. The van der Waals surface area contributed by atoms with Crippen LogP contribution in [0.15, 0.2) is 11.0 Å². The van der Waals surface area contributed by atoms with E-state index in [1.54, 1.807) is 13.3 Å². The summed E-state index contributed by atoms with van der Waals surface area (Å²) in [6.45, 7) is 8.67. The molecular weight excluding hydrogens is 424 g/mol. The van der Waals surface area contributed by atoms with Crippen molar-refractivity contribution in [3.63, 3.8) is 0 Å². The smallest absolute Gasteiger partial charge is 0.330 e. The van der Waals surface area contributed by atoms with E-state index in [2.05, 4.69) is 15.0 Å². The van der Waals surface area contributed by atoms with E-state index in [-0.39, 0.29) is 29.9 Å². The number of anilines is 1. The molecule has 10 nitrogen and oxygen atoms in total. The first-order chi connectivity index (χ1) is 14.8. The predicted molar refractivity (Wildman–Crippen MR) is 118 cm³/mol. The lowest BCUT2D eigenvalue weighted by Crippen LogP contribution is -2.32. The Morgan fingerprint density at radius 2 is 1.84 bits per heavy atom. The summed E-state index contributed by atoms with van der Waals surface area (Å²) in [6, 6.07) is 0. The van der Waals surface area contributed by atoms with Crippen LogP contribution in [0, 0.1) is 13.8 Å². The molecule has 3 rings (SSSR count). The largest absolute Gasteiger partial charge is 0.496 e. The summed E-state index contributed by atoms with van der Waals surface area (Å²) in [5.74, 6) is 0.697. The van der Waals surface area contributed by atoms with Crippen molar-refractivity contribution >= 4 is 28.7 Å². The van der Waals surface area contributed by atoms with Gasteiger partial charge < -0.3 is 19.9 Å². The second-order valence-corrected chi connectivity index (χ2v) is 7.27. The number of nitrogen functional groups attached to an aromatic ring is 1. The number of fused-ring (bicyclic) bond motifs is 1. The van der Waals surface area contributed by atoms with Crippen LogP contribution in [0.2, 0.25) is 5.15 Å². The molecule has 0 aromatic carbocycles. The summed E-state index contributed by atoms with van der Waals surface area (Å²) in [6.07, 6.45) is 1.08. The Morgan fingerprint density at radius 1 is 1.16 bits per heavy atom. The second-order valence-electron chi connectivity index (χ2n) is 6.91. The zero-order valence-electron chi connectivity index (χ0n) is 18.3. The van der Waals surface area contributed by atoms with Gasteiger partial charge in [-0.05, 0) is 27.7 Å². The predicted octanol–water partition coefficient (Wildman–Crippen LogP) is 2.30. The lowest BCUT2D eigenvalue weighted by atomic mass is 10.1. The zero-order valence-corrected chi connectivity index (χ0v) is 19.1. The second kappa shape index (κ2) is 9.63. The molecule has 0 bridgehead atoms. The molecule has 3 aromatic heterocycles. The molecule has 0 aliphatic rings. The maximum atomic E-state index is 13.4. The van der Waals surface area contributed by atoms with Gasteiger partial charge in [0.1, 0.15) is 11.3 Å². The molecule has 0 spiro atoms. The van der Waals surface area contributed by atoms with Crippen molar-refractivity contribution in [3.8, 4) is 5.75 Å². The summed E-state index contributed by atoms with van der Waals surface area (Å²) in [4.78, 5) is 26.2. The minimum Gasteiger partial charge on any atom is -0.496 e. The summed E-state index contributed by atoms with van der Waals surface area (Å²) in [5, 5.41) is 0.0799. The van der Waals surface area contributed by atoms with Crippen LogP contribution >= 0.6 is 11.6 Å². The highest BCUT2D eigenvalue weighted by molar-refractivity contribution is 6.33. The van der Waals surface area contributed by atoms with Gasteiger partial charge in [0.25, 0.3) is 0 Å². The van der Waals surface area contributed by atoms with Crippen LogP contribution in [0.1, 0.15) is 30.7 Å². The molecule has 168 valence electrons. The number of hydrogen-bond acceptors (Lipinski definition) is 8. The van der Waals surface area contributed by atoms with Gasteiger partial charge in [0.15, 0.2) is 17.1 Å². The average Bonchev–Trinajstić information content (AvgIpc) is 2.96. The number of hydrogen-bond donors (Lipinski definition) is 1. The lowest BCUT2D eigenvalue weighted by Gasteiger charge is -2.17. The molecule has 31 heavy (non-hydrogen) atoms. The molecule has 3 aromatic rings. The van der Waals surface area contributed by atoms with E-state index in [0.717, 1.165) is 16.9 Å². The number of aryl methyl sites for hydroxylation is 1. The summed E-state index contributed by atoms with van der Waals surface area (Å²) in [7, 11) is 1.60. The highest BCUT2D eigenvalue weighted by Gasteiger charge is 2.23. The van der Waals surface area contributed by atoms with Crippen molar-refractivity contribution in [3.05, 3.63) is 38.7 Å². The van der Waals surface area contributed by atoms with E-state index in [1.165, 1.54) is 9.13 Å². The van der Waals surface area contributed by atoms with Crippen molar-refractivity contribution in [2.45, 2.75) is 47.1 Å². The molecule has 11 heteroatoms. The van der Waals surface area contributed by atoms with Crippen LogP contribution < -0.4 is 16.2 Å². The first-order valence-corrected chi connectivity index (χ1v) is 10.3. The van der Waals surface area contributed by atoms with E-state index in [9.17, 15) is 4.79 Å². The third-order valence-electron chi connectivity index (χ3n) is 4.92. The van der Waals surface area contributed by atoms with Crippen molar-refractivity contribution in [1.29, 1.82) is 0 Å². The standard InChI is InChI=1S/C20H27ClN6O4/c1-6-30-14(31-7-2)10-26-15-17(21)24-19(22)25-18(15)27(20(26)28)9-13-12(4)16(29-5)11(3)8-23-13/h8,14H,6-7,9-10H2,1-5H3,(H2,22,24,25). The molecule has 0 atom stereocenters. The van der Waals surface area contributed by atoms with Crippen molar-refractivity contribution in [1.82, 2.24) is 24.1 Å². The molecule has 3 heterocycles. The van der Waals surface area contributed by atoms with Gasteiger partial charge in [-0.15, -0.1) is 0 Å². The number of aromatic nitrogens is 5. The minimum atomic E-state index is -0.625. The quantitative estimate of drug-likeness (QED) is 0.389. The minimum absolute atomic E-state index is 0.0271. The van der Waals surface area contributed by atoms with Crippen LogP contribution in [0.4, 0.5) is 5.95 Å². The fourth-order valence-electron chi connectivity index (χ4n) is 3.55. The molecule has 0 saturated heterocycles. The van der Waals surface area contributed by atoms with Crippen LogP contribution in [-0.4, -0.2) is 50.7 Å². The Labute approximate surface area is 184 Å². The number of halogens is 1. The van der Waals surface area contributed by atoms with Gasteiger partial charge in [-0.25, -0.2) is 4.79 Å². The molecule has 0 aliphatic carbocycles. The molecule has 0 radical (unpaired) electrons. The number of methoxy groups -OCH3 is 1. The zero-order chi connectivity index (χ0) is 22.7. The first-order valence-electron chi connectivity index (χ1n) is 9.96. The first kappa shape index (κ1) is 23.0. The van der Waals surface area contributed by atoms with Crippen molar-refractivity contribution < 1.29 is 14.2 Å². The van der Waals surface area contributed by atoms with Gasteiger partial charge in [0.05, 0.1) is 25.9 Å². The third kappa shape index (κ3) is 4.51. The Hall–Kier alpha value is -2.69. The van der Waals surface area contributed by atoms with Crippen LogP contribution in [0.3, 0.4) is 0 Å². The van der Waals surface area contributed by atoms with Crippen molar-refractivity contribution in [2.75, 3.05) is 26.1 Å². The molecule has 0 saturated carbocycles. The van der Waals surface area contributed by atoms with Gasteiger partial charge in [-0.2, -0.15) is 9.97 Å². The molecule has 2 N–H and O–H groups in total. The third-order valence-corrected chi connectivity index (χ3v) is 5.19. The van der Waals surface area contributed by atoms with Crippen LogP contribution in [0.25, 0.3) is 11.2 Å². The number of nitrogens with zero attached hydrogens (tertiary/aromatic N) is 5. The topological polar surface area (TPSA) is 119 Å². The Kier molecular flexibility index (Phi) is 7.14. The highest BCUT2D eigenvalue weighted by Crippen LogP contribution is 2.26.